The number of pyridine rings is 2. The van der Waals surface area contributed by atoms with E-state index in [1.807, 2.05) is 11.6 Å². The van der Waals surface area contributed by atoms with Gasteiger partial charge in [0.1, 0.15) is 13.6 Å². The zero-order chi connectivity index (χ0) is 19.2. The normalized spacial score (nSPS) is 9.04. The SMILES string of the molecule is C[n+]1ccc(-c2cc[n+](CCCN)cc2)cc1.O=[N+]([O-])[O-].O=[N+]([O-])[O-]. The van der Waals surface area contributed by atoms with Gasteiger partial charge in [-0.2, -0.15) is 0 Å². The summed E-state index contributed by atoms with van der Waals surface area (Å²) in [4.78, 5) is 16.5. The van der Waals surface area contributed by atoms with Crippen LogP contribution in [0.5, 0.6) is 0 Å². The van der Waals surface area contributed by atoms with Crippen molar-refractivity contribution in [2.24, 2.45) is 12.8 Å². The smallest absolute Gasteiger partial charge is 0.169 e. The second kappa shape index (κ2) is 12.1. The van der Waals surface area contributed by atoms with E-state index in [0.717, 1.165) is 19.5 Å². The Morgan fingerprint density at radius 1 is 0.880 bits per heavy atom. The molecular weight excluding hydrogens is 334 g/mol. The minimum atomic E-state index is -1.75. The molecule has 25 heavy (non-hydrogen) atoms. The van der Waals surface area contributed by atoms with Crippen LogP contribution in [-0.2, 0) is 13.6 Å². The van der Waals surface area contributed by atoms with Crippen LogP contribution in [0.25, 0.3) is 11.1 Å². The van der Waals surface area contributed by atoms with E-state index < -0.39 is 10.2 Å². The molecule has 0 aliphatic rings. The average molecular weight is 353 g/mol. The number of aryl methyl sites for hydroxylation is 2. The Hall–Kier alpha value is -3.34. The first kappa shape index (κ1) is 21.7. The maximum absolute atomic E-state index is 8.25. The largest absolute Gasteiger partial charge is 0.356 e. The molecule has 0 spiro atoms. The molecule has 0 radical (unpaired) electrons. The van der Waals surface area contributed by atoms with Gasteiger partial charge in [-0.1, -0.05) is 0 Å². The average Bonchev–Trinajstić information content (AvgIpc) is 2.53. The van der Waals surface area contributed by atoms with Crippen molar-refractivity contribution in [3.05, 3.63) is 79.7 Å². The van der Waals surface area contributed by atoms with Gasteiger partial charge in [0.15, 0.2) is 24.8 Å². The highest BCUT2D eigenvalue weighted by Crippen LogP contribution is 2.15. The molecule has 0 amide bonds. The quantitative estimate of drug-likeness (QED) is 0.469. The van der Waals surface area contributed by atoms with Crippen LogP contribution >= 0.6 is 0 Å². The van der Waals surface area contributed by atoms with E-state index in [4.69, 9.17) is 36.4 Å². The fraction of sp³-hybridized carbons (Fsp3) is 0.286. The van der Waals surface area contributed by atoms with Crippen LogP contribution in [0.1, 0.15) is 6.42 Å². The zero-order valence-electron chi connectivity index (χ0n) is 13.6. The Morgan fingerprint density at radius 3 is 1.60 bits per heavy atom. The lowest BCUT2D eigenvalue weighted by Gasteiger charge is -2.00. The van der Waals surface area contributed by atoms with Crippen LogP contribution in [0.3, 0.4) is 0 Å². The van der Waals surface area contributed by atoms with Gasteiger partial charge >= 0.3 is 0 Å². The molecule has 2 rings (SSSR count). The van der Waals surface area contributed by atoms with Crippen molar-refractivity contribution in [2.45, 2.75) is 13.0 Å². The number of nitrogens with two attached hydrogens (primary N) is 1. The van der Waals surface area contributed by atoms with Gasteiger partial charge in [0.05, 0.1) is 10.2 Å². The Morgan fingerprint density at radius 2 is 1.24 bits per heavy atom. The highest BCUT2D eigenvalue weighted by atomic mass is 16.9. The highest BCUT2D eigenvalue weighted by Gasteiger charge is 2.03. The molecule has 11 nitrogen and oxygen atoms in total. The second-order valence-corrected chi connectivity index (χ2v) is 4.67. The molecular formula is C14H19N5O6. The summed E-state index contributed by atoms with van der Waals surface area (Å²) in [6.07, 6.45) is 9.36. The molecule has 2 heterocycles. The van der Waals surface area contributed by atoms with Crippen LogP contribution in [0.2, 0.25) is 0 Å². The predicted molar refractivity (Wildman–Crippen MR) is 87.6 cm³/mol. The van der Waals surface area contributed by atoms with Crippen LogP contribution in [0, 0.1) is 30.6 Å². The summed E-state index contributed by atoms with van der Waals surface area (Å²) < 4.78 is 4.20. The van der Waals surface area contributed by atoms with E-state index in [1.165, 1.54) is 11.1 Å². The third kappa shape index (κ3) is 11.8. The molecule has 136 valence electrons. The lowest BCUT2D eigenvalue weighted by molar-refractivity contribution is -0.697. The molecule has 0 saturated heterocycles. The summed E-state index contributed by atoms with van der Waals surface area (Å²) in [7, 11) is 2.02. The Labute approximate surface area is 143 Å². The highest BCUT2D eigenvalue weighted by molar-refractivity contribution is 5.60. The number of hydrogen-bond acceptors (Lipinski definition) is 7. The molecule has 2 aromatic rings. The van der Waals surface area contributed by atoms with Gasteiger partial charge in [-0.25, -0.2) is 9.13 Å². The van der Waals surface area contributed by atoms with Crippen molar-refractivity contribution in [2.75, 3.05) is 6.54 Å². The molecule has 11 heteroatoms. The Bertz CT molecular complexity index is 628. The summed E-state index contributed by atoms with van der Waals surface area (Å²) >= 11 is 0. The van der Waals surface area contributed by atoms with Crippen molar-refractivity contribution in [1.29, 1.82) is 0 Å². The predicted octanol–water partition coefficient (Wildman–Crippen LogP) is 0.336. The Kier molecular flexibility index (Phi) is 10.5. The first-order chi connectivity index (χ1) is 11.8. The fourth-order valence-electron chi connectivity index (χ4n) is 1.77. The molecule has 0 bridgehead atoms. The lowest BCUT2D eigenvalue weighted by Crippen LogP contribution is -2.33. The van der Waals surface area contributed by atoms with E-state index in [0.29, 0.717) is 0 Å². The molecule has 0 unspecified atom stereocenters. The molecule has 0 fully saturated rings. The van der Waals surface area contributed by atoms with E-state index in [-0.39, 0.29) is 0 Å². The molecule has 0 aliphatic heterocycles. The molecule has 0 aromatic carbocycles. The lowest BCUT2D eigenvalue weighted by atomic mass is 10.1. The molecule has 0 atom stereocenters. The van der Waals surface area contributed by atoms with Crippen LogP contribution in [-0.4, -0.2) is 16.7 Å². The van der Waals surface area contributed by atoms with Gasteiger partial charge < -0.3 is 36.4 Å². The first-order valence-electron chi connectivity index (χ1n) is 7.04. The number of rotatable bonds is 4. The van der Waals surface area contributed by atoms with E-state index in [9.17, 15) is 0 Å². The molecule has 2 N–H and O–H groups in total. The summed E-state index contributed by atoms with van der Waals surface area (Å²) in [6, 6.07) is 8.54. The summed E-state index contributed by atoms with van der Waals surface area (Å²) in [5.74, 6) is 0. The maximum atomic E-state index is 8.25. The van der Waals surface area contributed by atoms with Crippen LogP contribution < -0.4 is 14.9 Å². The van der Waals surface area contributed by atoms with Crippen LogP contribution in [0.4, 0.5) is 0 Å². The van der Waals surface area contributed by atoms with Crippen molar-refractivity contribution >= 4 is 0 Å². The van der Waals surface area contributed by atoms with Crippen molar-refractivity contribution in [3.63, 3.8) is 0 Å². The number of aromatic nitrogens is 2. The topological polar surface area (TPSA) is 166 Å². The number of hydrogen-bond donors (Lipinski definition) is 1. The van der Waals surface area contributed by atoms with E-state index in [1.54, 1.807) is 0 Å². The van der Waals surface area contributed by atoms with E-state index in [2.05, 4.69) is 53.6 Å². The third-order valence-corrected chi connectivity index (χ3v) is 2.82. The second-order valence-electron chi connectivity index (χ2n) is 4.67. The Balaban J connectivity index is 0.000000609. The maximum Gasteiger partial charge on any atom is 0.169 e. The summed E-state index contributed by atoms with van der Waals surface area (Å²) in [6.45, 7) is 1.73. The van der Waals surface area contributed by atoms with Gasteiger partial charge in [-0.3, -0.25) is 0 Å². The third-order valence-electron chi connectivity index (χ3n) is 2.82. The summed E-state index contributed by atoms with van der Waals surface area (Å²) in [5, 5.41) is 29.5. The molecule has 0 aliphatic carbocycles. The minimum absolute atomic E-state index is 0.740. The fourth-order valence-corrected chi connectivity index (χ4v) is 1.77. The van der Waals surface area contributed by atoms with Gasteiger partial charge in [-0.05, 0) is 17.7 Å². The van der Waals surface area contributed by atoms with Gasteiger partial charge in [0.2, 0.25) is 0 Å². The van der Waals surface area contributed by atoms with Crippen molar-refractivity contribution in [3.8, 4) is 11.1 Å². The molecule has 0 saturated carbocycles. The zero-order valence-corrected chi connectivity index (χ0v) is 13.6. The minimum Gasteiger partial charge on any atom is -0.356 e. The molecule has 2 aromatic heterocycles. The first-order valence-corrected chi connectivity index (χ1v) is 7.04. The van der Waals surface area contributed by atoms with Crippen LogP contribution in [0.15, 0.2) is 49.1 Å². The van der Waals surface area contributed by atoms with Gasteiger partial charge in [0.25, 0.3) is 0 Å². The standard InChI is InChI=1S/C14H19N3.2NO3/c1-16-9-3-13(4-10-16)14-5-11-17(12-6-14)8-2-7-15;2*2-1(3)4/h3-6,9-12H,2,7-8,15H2,1H3;;/q+2;2*-1. The van der Waals surface area contributed by atoms with Gasteiger partial charge in [-0.15, -0.1) is 0 Å². The van der Waals surface area contributed by atoms with E-state index >= 15 is 0 Å². The number of nitrogens with zero attached hydrogens (tertiary/aromatic N) is 4. The van der Waals surface area contributed by atoms with Crippen molar-refractivity contribution < 1.29 is 19.3 Å². The monoisotopic (exact) mass is 353 g/mol. The van der Waals surface area contributed by atoms with Gasteiger partial charge in [0, 0.05) is 30.7 Å². The summed E-state index contributed by atoms with van der Waals surface area (Å²) in [5.41, 5.74) is 7.99. The van der Waals surface area contributed by atoms with Crippen molar-refractivity contribution in [1.82, 2.24) is 0 Å².